The second kappa shape index (κ2) is 18.4. The topological polar surface area (TPSA) is 145 Å². The van der Waals surface area contributed by atoms with Crippen molar-refractivity contribution < 1.29 is 37.4 Å². The van der Waals surface area contributed by atoms with E-state index in [2.05, 4.69) is 30.9 Å². The zero-order valence-corrected chi connectivity index (χ0v) is 24.6. The maximum Gasteiger partial charge on any atom is 0.257 e. The fourth-order valence-corrected chi connectivity index (χ4v) is 4.22. The number of methoxy groups -OCH3 is 2. The highest BCUT2D eigenvalue weighted by Crippen LogP contribution is 2.30. The van der Waals surface area contributed by atoms with E-state index in [1.807, 2.05) is 6.92 Å². The summed E-state index contributed by atoms with van der Waals surface area (Å²) in [5, 5.41) is 5.75. The van der Waals surface area contributed by atoms with Crippen LogP contribution in [0.2, 0.25) is 0 Å². The van der Waals surface area contributed by atoms with E-state index in [1.54, 1.807) is 26.2 Å². The van der Waals surface area contributed by atoms with E-state index >= 15 is 0 Å². The number of benzene rings is 1. The number of nitrogens with zero attached hydrogens (tertiary/aromatic N) is 2. The van der Waals surface area contributed by atoms with Gasteiger partial charge >= 0.3 is 0 Å². The molecule has 39 heavy (non-hydrogen) atoms. The highest BCUT2D eigenvalue weighted by atomic mass is 79.9. The van der Waals surface area contributed by atoms with Crippen molar-refractivity contribution in [1.29, 1.82) is 0 Å². The van der Waals surface area contributed by atoms with Crippen molar-refractivity contribution in [3.63, 3.8) is 0 Å². The molecule has 2 rings (SSSR count). The molecule has 0 spiro atoms. The Morgan fingerprint density at radius 2 is 1.79 bits per heavy atom. The number of carbonyl (C=O) groups is 3. The van der Waals surface area contributed by atoms with E-state index in [0.717, 1.165) is 23.7 Å². The third-order valence-corrected chi connectivity index (χ3v) is 6.46. The molecule has 0 radical (unpaired) electrons. The standard InChI is InChI=1S/C12H10BrF2N3O2S.C12H24N2O4/c1-17-12-9(10(16)19)11(18-21-12)20-4-6-7(14)2-5(13)3-8(6)15;1-11(9-13-10-15)8-12(16)14(4-6-17-2)5-7-18-3/h2-3,17H,4H2,1H3,(H2,16,19);10-11H,4-9H2,1-3H3,(H,13,15). The highest BCUT2D eigenvalue weighted by Gasteiger charge is 2.21. The molecule has 4 N–H and O–H groups in total. The number of ether oxygens (including phenoxy) is 3. The Hall–Kier alpha value is -2.88. The number of nitrogens with one attached hydrogen (secondary N) is 2. The highest BCUT2D eigenvalue weighted by molar-refractivity contribution is 9.10. The summed E-state index contributed by atoms with van der Waals surface area (Å²) in [6.45, 7) is 4.18. The summed E-state index contributed by atoms with van der Waals surface area (Å²) in [6.07, 6.45) is 1.06. The van der Waals surface area contributed by atoms with E-state index < -0.39 is 24.1 Å². The molecule has 0 saturated carbocycles. The van der Waals surface area contributed by atoms with Crippen LogP contribution < -0.4 is 21.1 Å². The van der Waals surface area contributed by atoms with Crippen LogP contribution in [0.1, 0.15) is 29.3 Å². The zero-order chi connectivity index (χ0) is 29.4. The number of aromatic nitrogens is 1. The summed E-state index contributed by atoms with van der Waals surface area (Å²) >= 11 is 3.95. The van der Waals surface area contributed by atoms with Gasteiger partial charge in [-0.15, -0.1) is 0 Å². The molecule has 1 unspecified atom stereocenters. The molecular formula is C24H34BrF2N5O6S. The minimum absolute atomic E-state index is 0.0560. The minimum atomic E-state index is -0.758. The molecule has 0 fully saturated rings. The number of nitrogens with two attached hydrogens (primary N) is 1. The Labute approximate surface area is 238 Å². The number of rotatable bonds is 16. The molecule has 218 valence electrons. The summed E-state index contributed by atoms with van der Waals surface area (Å²) in [5.74, 6) is -2.13. The molecule has 0 aliphatic heterocycles. The number of halogens is 3. The Bertz CT molecular complexity index is 1050. The van der Waals surface area contributed by atoms with Gasteiger partial charge in [0.25, 0.3) is 5.91 Å². The second-order valence-corrected chi connectivity index (χ2v) is 9.83. The van der Waals surface area contributed by atoms with Gasteiger partial charge < -0.3 is 35.5 Å². The van der Waals surface area contributed by atoms with Crippen molar-refractivity contribution in [2.45, 2.75) is 20.0 Å². The van der Waals surface area contributed by atoms with E-state index in [4.69, 9.17) is 19.9 Å². The predicted octanol–water partition coefficient (Wildman–Crippen LogP) is 2.78. The monoisotopic (exact) mass is 637 g/mol. The quantitative estimate of drug-likeness (QED) is 0.238. The molecule has 0 aliphatic rings. The molecule has 1 aromatic carbocycles. The smallest absolute Gasteiger partial charge is 0.257 e. The molecule has 11 nitrogen and oxygen atoms in total. The second-order valence-electron chi connectivity index (χ2n) is 8.14. The Balaban J connectivity index is 0.000000396. The van der Waals surface area contributed by atoms with Gasteiger partial charge in [0.15, 0.2) is 0 Å². The molecule has 2 aromatic rings. The number of carbonyl (C=O) groups excluding carboxylic acids is 3. The van der Waals surface area contributed by atoms with Gasteiger partial charge in [-0.05, 0) is 29.6 Å². The fraction of sp³-hybridized carbons (Fsp3) is 0.500. The zero-order valence-electron chi connectivity index (χ0n) is 22.2. The van der Waals surface area contributed by atoms with Crippen LogP contribution in [0.15, 0.2) is 16.6 Å². The van der Waals surface area contributed by atoms with E-state index in [9.17, 15) is 23.2 Å². The SMILES string of the molecule is CNc1snc(OCc2c(F)cc(Br)cc2F)c1C(N)=O.COCCN(CCOC)C(=O)CC(C)CNC=O. The van der Waals surface area contributed by atoms with Crippen molar-refractivity contribution in [3.8, 4) is 5.88 Å². The van der Waals surface area contributed by atoms with Crippen LogP contribution in [-0.2, 0) is 25.7 Å². The summed E-state index contributed by atoms with van der Waals surface area (Å²) in [5.41, 5.74) is 5.04. The number of amides is 3. The van der Waals surface area contributed by atoms with Gasteiger partial charge in [0, 0.05) is 51.8 Å². The van der Waals surface area contributed by atoms with Gasteiger partial charge in [0.05, 0.1) is 18.8 Å². The molecule has 1 atom stereocenters. The van der Waals surface area contributed by atoms with Gasteiger partial charge in [-0.1, -0.05) is 22.9 Å². The molecule has 0 bridgehead atoms. The lowest BCUT2D eigenvalue weighted by molar-refractivity contribution is -0.133. The Kier molecular flexibility index (Phi) is 16.1. The largest absolute Gasteiger partial charge is 0.471 e. The van der Waals surface area contributed by atoms with Crippen molar-refractivity contribution in [2.24, 2.45) is 11.7 Å². The van der Waals surface area contributed by atoms with Crippen molar-refractivity contribution in [3.05, 3.63) is 39.4 Å². The first-order valence-corrected chi connectivity index (χ1v) is 13.3. The third-order valence-electron chi connectivity index (χ3n) is 5.15. The van der Waals surface area contributed by atoms with Crippen LogP contribution in [0.25, 0.3) is 0 Å². The molecule has 15 heteroatoms. The van der Waals surface area contributed by atoms with Crippen LogP contribution in [-0.4, -0.2) is 81.6 Å². The van der Waals surface area contributed by atoms with Gasteiger partial charge in [-0.3, -0.25) is 14.4 Å². The van der Waals surface area contributed by atoms with Crippen LogP contribution in [0.4, 0.5) is 13.8 Å². The van der Waals surface area contributed by atoms with Crippen LogP contribution in [0, 0.1) is 17.6 Å². The molecule has 0 saturated heterocycles. The normalized spacial score (nSPS) is 11.2. The fourth-order valence-electron chi connectivity index (χ4n) is 3.13. The maximum atomic E-state index is 13.7. The first-order valence-electron chi connectivity index (χ1n) is 11.8. The van der Waals surface area contributed by atoms with Crippen molar-refractivity contribution >= 4 is 50.7 Å². The van der Waals surface area contributed by atoms with E-state index in [0.29, 0.717) is 50.7 Å². The summed E-state index contributed by atoms with van der Waals surface area (Å²) in [6, 6.07) is 2.24. The lowest BCUT2D eigenvalue weighted by Gasteiger charge is -2.23. The number of hydrogen-bond donors (Lipinski definition) is 3. The average Bonchev–Trinajstić information content (AvgIpc) is 3.30. The average molecular weight is 639 g/mol. The van der Waals surface area contributed by atoms with Gasteiger partial charge in [0.1, 0.15) is 28.8 Å². The number of anilines is 1. The molecule has 1 aromatic heterocycles. The summed E-state index contributed by atoms with van der Waals surface area (Å²) in [4.78, 5) is 35.3. The molecule has 1 heterocycles. The molecule has 0 aliphatic carbocycles. The lowest BCUT2D eigenvalue weighted by Crippen LogP contribution is -2.38. The predicted molar refractivity (Wildman–Crippen MR) is 147 cm³/mol. The van der Waals surface area contributed by atoms with Crippen molar-refractivity contribution in [1.82, 2.24) is 14.6 Å². The number of hydrogen-bond acceptors (Lipinski definition) is 9. The van der Waals surface area contributed by atoms with Crippen LogP contribution in [0.3, 0.4) is 0 Å². The lowest BCUT2D eigenvalue weighted by atomic mass is 10.1. The third kappa shape index (κ3) is 11.8. The first-order chi connectivity index (χ1) is 18.6. The van der Waals surface area contributed by atoms with Gasteiger partial charge in [-0.25, -0.2) is 8.78 Å². The van der Waals surface area contributed by atoms with E-state index in [1.165, 1.54) is 0 Å². The maximum absolute atomic E-state index is 13.7. The molecular weight excluding hydrogens is 604 g/mol. The summed E-state index contributed by atoms with van der Waals surface area (Å²) in [7, 11) is 4.81. The number of primary amides is 1. The Morgan fingerprint density at radius 1 is 1.21 bits per heavy atom. The Morgan fingerprint density at radius 3 is 2.28 bits per heavy atom. The van der Waals surface area contributed by atoms with E-state index in [-0.39, 0.29) is 33.3 Å². The van der Waals surface area contributed by atoms with Gasteiger partial charge in [-0.2, -0.15) is 4.37 Å². The molecule has 3 amide bonds. The minimum Gasteiger partial charge on any atom is -0.471 e. The van der Waals surface area contributed by atoms with Crippen LogP contribution in [0.5, 0.6) is 5.88 Å². The first kappa shape index (κ1) is 34.1. The summed E-state index contributed by atoms with van der Waals surface area (Å²) < 4.78 is 46.7. The van der Waals surface area contributed by atoms with Crippen molar-refractivity contribution in [2.75, 3.05) is 59.4 Å². The van der Waals surface area contributed by atoms with Crippen LogP contribution >= 0.6 is 27.5 Å². The van der Waals surface area contributed by atoms with Gasteiger partial charge in [0.2, 0.25) is 18.2 Å².